The van der Waals surface area contributed by atoms with E-state index < -0.39 is 0 Å². The Balaban J connectivity index is 0.00000117. The molecule has 7 unspecified atom stereocenters. The summed E-state index contributed by atoms with van der Waals surface area (Å²) >= 11 is 0. The number of hydrogen-bond acceptors (Lipinski definition) is 1. The molecule has 8 atom stereocenters. The van der Waals surface area contributed by atoms with Crippen LogP contribution in [0.4, 0.5) is 0 Å². The third kappa shape index (κ3) is 4.24. The van der Waals surface area contributed by atoms with Gasteiger partial charge in [0.2, 0.25) is 0 Å². The summed E-state index contributed by atoms with van der Waals surface area (Å²) in [4.78, 5) is 0. The van der Waals surface area contributed by atoms with Crippen molar-refractivity contribution < 1.29 is 0 Å². The molecule has 0 aromatic rings. The lowest BCUT2D eigenvalue weighted by molar-refractivity contribution is -0.144. The molecular formula is C28H51N. The van der Waals surface area contributed by atoms with E-state index in [-0.39, 0.29) is 0 Å². The maximum Gasteiger partial charge on any atom is 0.00418 e. The van der Waals surface area contributed by atoms with Crippen molar-refractivity contribution in [2.24, 2.45) is 46.2 Å². The van der Waals surface area contributed by atoms with Crippen molar-refractivity contribution >= 4 is 0 Å². The Labute approximate surface area is 182 Å². The number of fused-ring (bicyclic) bond motifs is 5. The van der Waals surface area contributed by atoms with Crippen LogP contribution in [0.15, 0.2) is 12.2 Å². The molecule has 0 aliphatic heterocycles. The molecule has 0 bridgehead atoms. The monoisotopic (exact) mass is 401 g/mol. The van der Waals surface area contributed by atoms with Gasteiger partial charge in [-0.3, -0.25) is 0 Å². The summed E-state index contributed by atoms with van der Waals surface area (Å²) < 4.78 is 0. The lowest BCUT2D eigenvalue weighted by atomic mass is 9.41. The van der Waals surface area contributed by atoms with Crippen molar-refractivity contribution in [1.29, 1.82) is 0 Å². The summed E-state index contributed by atoms with van der Waals surface area (Å²) in [5.74, 6) is 4.95. The first-order chi connectivity index (χ1) is 13.9. The minimum Gasteiger partial charge on any atom is -0.328 e. The first-order valence-corrected chi connectivity index (χ1v) is 13.3. The summed E-state index contributed by atoms with van der Waals surface area (Å²) in [6.07, 6.45) is 18.3. The van der Waals surface area contributed by atoms with Crippen LogP contribution in [0.3, 0.4) is 0 Å². The number of hydrogen-bond donors (Lipinski definition) is 1. The van der Waals surface area contributed by atoms with Crippen LogP contribution in [0.1, 0.15) is 118 Å². The molecule has 1 heteroatoms. The fourth-order valence-corrected chi connectivity index (χ4v) is 8.79. The highest BCUT2D eigenvalue weighted by molar-refractivity contribution is 5.11. The third-order valence-corrected chi connectivity index (χ3v) is 10.4. The van der Waals surface area contributed by atoms with E-state index in [1.807, 2.05) is 13.8 Å². The van der Waals surface area contributed by atoms with Crippen LogP contribution in [-0.4, -0.2) is 6.04 Å². The summed E-state index contributed by atoms with van der Waals surface area (Å²) in [5, 5.41) is 0. The van der Waals surface area contributed by atoms with Crippen LogP contribution < -0.4 is 5.73 Å². The number of allylic oxidation sites excluding steroid dienone is 1. The fourth-order valence-electron chi connectivity index (χ4n) is 8.79. The van der Waals surface area contributed by atoms with Crippen LogP contribution in [0, 0.1) is 40.4 Å². The molecule has 2 N–H and O–H groups in total. The van der Waals surface area contributed by atoms with E-state index in [4.69, 9.17) is 5.73 Å². The van der Waals surface area contributed by atoms with Gasteiger partial charge in [-0.1, -0.05) is 46.8 Å². The van der Waals surface area contributed by atoms with Crippen molar-refractivity contribution in [3.63, 3.8) is 0 Å². The minimum absolute atomic E-state index is 0.484. The van der Waals surface area contributed by atoms with Gasteiger partial charge in [0.15, 0.2) is 0 Å². The third-order valence-electron chi connectivity index (χ3n) is 10.4. The van der Waals surface area contributed by atoms with Gasteiger partial charge >= 0.3 is 0 Å². The average molecular weight is 402 g/mol. The predicted octanol–water partition coefficient (Wildman–Crippen LogP) is 8.14. The SMILES string of the molecule is C=C(CC)CCCC1CCC2C1CCC1C3(C)CC[C@@H](N)CC3CCC21C.CC. The summed E-state index contributed by atoms with van der Waals surface area (Å²) in [6.45, 7) is 15.9. The van der Waals surface area contributed by atoms with E-state index in [0.717, 1.165) is 29.6 Å². The summed E-state index contributed by atoms with van der Waals surface area (Å²) in [7, 11) is 0. The molecule has 0 aromatic heterocycles. The zero-order chi connectivity index (χ0) is 21.2. The maximum atomic E-state index is 6.38. The second kappa shape index (κ2) is 9.46. The van der Waals surface area contributed by atoms with Crippen LogP contribution in [-0.2, 0) is 0 Å². The van der Waals surface area contributed by atoms with Gasteiger partial charge in [-0.05, 0) is 124 Å². The second-order valence-corrected chi connectivity index (χ2v) is 11.5. The molecule has 0 radical (unpaired) electrons. The zero-order valence-electron chi connectivity index (χ0n) is 20.4. The Morgan fingerprint density at radius 2 is 1.69 bits per heavy atom. The summed E-state index contributed by atoms with van der Waals surface area (Å²) in [6, 6.07) is 0.484. The van der Waals surface area contributed by atoms with Gasteiger partial charge in [0, 0.05) is 6.04 Å². The summed E-state index contributed by atoms with van der Waals surface area (Å²) in [5.41, 5.74) is 9.05. The molecule has 0 heterocycles. The molecule has 4 aliphatic rings. The normalized spacial score (nSPS) is 46.0. The highest BCUT2D eigenvalue weighted by atomic mass is 14.7. The number of nitrogens with two attached hydrogens (primary N) is 1. The van der Waals surface area contributed by atoms with Crippen molar-refractivity contribution in [2.45, 2.75) is 124 Å². The molecule has 4 rings (SSSR count). The Bertz CT molecular complexity index is 553. The van der Waals surface area contributed by atoms with E-state index in [2.05, 4.69) is 27.4 Å². The smallest absolute Gasteiger partial charge is 0.00418 e. The lowest BCUT2D eigenvalue weighted by Crippen LogP contribution is -2.57. The molecule has 29 heavy (non-hydrogen) atoms. The van der Waals surface area contributed by atoms with E-state index in [9.17, 15) is 0 Å². The zero-order valence-corrected chi connectivity index (χ0v) is 20.4. The first kappa shape index (κ1) is 23.4. The van der Waals surface area contributed by atoms with Crippen LogP contribution >= 0.6 is 0 Å². The Morgan fingerprint density at radius 3 is 2.41 bits per heavy atom. The molecule has 4 aliphatic carbocycles. The quantitative estimate of drug-likeness (QED) is 0.462. The van der Waals surface area contributed by atoms with E-state index >= 15 is 0 Å². The largest absolute Gasteiger partial charge is 0.328 e. The van der Waals surface area contributed by atoms with Crippen molar-refractivity contribution in [3.8, 4) is 0 Å². The predicted molar refractivity (Wildman–Crippen MR) is 128 cm³/mol. The molecular weight excluding hydrogens is 350 g/mol. The Morgan fingerprint density at radius 1 is 0.966 bits per heavy atom. The van der Waals surface area contributed by atoms with Gasteiger partial charge in [-0.2, -0.15) is 0 Å². The van der Waals surface area contributed by atoms with E-state index in [1.165, 1.54) is 89.0 Å². The van der Waals surface area contributed by atoms with Crippen molar-refractivity contribution in [2.75, 3.05) is 0 Å². The second-order valence-electron chi connectivity index (χ2n) is 11.5. The van der Waals surface area contributed by atoms with Gasteiger partial charge in [0.25, 0.3) is 0 Å². The highest BCUT2D eigenvalue weighted by Gasteiger charge is 2.61. The Hall–Kier alpha value is -0.300. The van der Waals surface area contributed by atoms with Gasteiger partial charge in [-0.25, -0.2) is 0 Å². The Kier molecular flexibility index (Phi) is 7.62. The molecule has 4 saturated carbocycles. The molecule has 0 amide bonds. The lowest BCUT2D eigenvalue weighted by Gasteiger charge is -2.64. The van der Waals surface area contributed by atoms with Crippen molar-refractivity contribution in [1.82, 2.24) is 0 Å². The van der Waals surface area contributed by atoms with E-state index in [1.54, 1.807) is 0 Å². The van der Waals surface area contributed by atoms with Crippen LogP contribution in [0.2, 0.25) is 0 Å². The number of rotatable bonds is 5. The fraction of sp³-hybridized carbons (Fsp3) is 0.929. The average Bonchev–Trinajstić information content (AvgIpc) is 3.14. The van der Waals surface area contributed by atoms with Gasteiger partial charge < -0.3 is 5.73 Å². The van der Waals surface area contributed by atoms with E-state index in [0.29, 0.717) is 16.9 Å². The van der Waals surface area contributed by atoms with Gasteiger partial charge in [-0.15, -0.1) is 0 Å². The van der Waals surface area contributed by atoms with Crippen LogP contribution in [0.25, 0.3) is 0 Å². The molecule has 168 valence electrons. The van der Waals surface area contributed by atoms with Crippen LogP contribution in [0.5, 0.6) is 0 Å². The van der Waals surface area contributed by atoms with Crippen molar-refractivity contribution in [3.05, 3.63) is 12.2 Å². The highest BCUT2D eigenvalue weighted by Crippen LogP contribution is 2.69. The maximum absolute atomic E-state index is 6.38. The molecule has 4 fully saturated rings. The molecule has 0 spiro atoms. The molecule has 1 nitrogen and oxygen atoms in total. The first-order valence-electron chi connectivity index (χ1n) is 13.3. The van der Waals surface area contributed by atoms with Gasteiger partial charge in [0.05, 0.1) is 0 Å². The molecule has 0 aromatic carbocycles. The topological polar surface area (TPSA) is 26.0 Å². The minimum atomic E-state index is 0.484. The molecule has 0 saturated heterocycles. The standard InChI is InChI=1S/C26H45N.C2H6/c1-5-18(2)7-6-8-19-9-11-23-22(19)10-12-24-25(3)16-14-21(27)17-20(25)13-15-26(23,24)4;1-2/h19-24H,2,5-17,27H2,1,3-4H3;1-2H3/t19?,20?,21-,22?,23?,24?,25?,26?;/m1./s1. The van der Waals surface area contributed by atoms with Gasteiger partial charge in [0.1, 0.15) is 0 Å².